The third kappa shape index (κ3) is 6.52. The maximum absolute atomic E-state index is 16.7. The van der Waals surface area contributed by atoms with E-state index in [1.807, 2.05) is 29.2 Å². The average molecular weight is 751 g/mol. The molecular formula is C36H33ClF2N6O6S. The van der Waals surface area contributed by atoms with Crippen LogP contribution < -0.4 is 19.7 Å². The van der Waals surface area contributed by atoms with E-state index in [2.05, 4.69) is 15.3 Å². The van der Waals surface area contributed by atoms with Crippen molar-refractivity contribution >= 4 is 55.4 Å². The number of carboxylic acid groups (broad SMARTS) is 1. The minimum absolute atomic E-state index is 0.0187. The molecule has 0 radical (unpaired) electrons. The first-order chi connectivity index (χ1) is 25.0. The van der Waals surface area contributed by atoms with Gasteiger partial charge in [0.05, 0.1) is 24.1 Å². The molecule has 270 valence electrons. The van der Waals surface area contributed by atoms with Crippen LogP contribution in [0.1, 0.15) is 19.3 Å². The van der Waals surface area contributed by atoms with Crippen molar-refractivity contribution in [3.05, 3.63) is 77.7 Å². The second-order valence-electron chi connectivity index (χ2n) is 13.4. The van der Waals surface area contributed by atoms with E-state index in [1.54, 1.807) is 24.4 Å². The van der Waals surface area contributed by atoms with E-state index in [-0.39, 0.29) is 60.2 Å². The number of benzene rings is 3. The number of amides is 1. The summed E-state index contributed by atoms with van der Waals surface area (Å²) in [6.07, 6.45) is 2.68. The fourth-order valence-electron chi connectivity index (χ4n) is 7.66. The van der Waals surface area contributed by atoms with Crippen molar-refractivity contribution < 1.29 is 36.1 Å². The van der Waals surface area contributed by atoms with Gasteiger partial charge in [-0.1, -0.05) is 48.0 Å². The predicted octanol–water partition coefficient (Wildman–Crippen LogP) is 6.06. The second-order valence-corrected chi connectivity index (χ2v) is 15.1. The highest BCUT2D eigenvalue weighted by Crippen LogP contribution is 2.39. The second kappa shape index (κ2) is 13.6. The maximum Gasteiger partial charge on any atom is 0.407 e. The highest BCUT2D eigenvalue weighted by Gasteiger charge is 2.43. The SMILES string of the molecule is O=C(O)N1C2CCC1CN(c1nc(OC[C@@H]3C[C@@H](COc4cccc(S(=O)(=O)F)c4)CN3)nc3c(F)c(-c4cccc5cccc(Cl)c45)ncc13)C2. The summed E-state index contributed by atoms with van der Waals surface area (Å²) in [6, 6.07) is 15.6. The van der Waals surface area contributed by atoms with Crippen molar-refractivity contribution in [1.82, 2.24) is 25.2 Å². The van der Waals surface area contributed by atoms with Gasteiger partial charge in [-0.3, -0.25) is 9.88 Å². The van der Waals surface area contributed by atoms with Gasteiger partial charge in [0.15, 0.2) is 5.82 Å². The molecule has 16 heteroatoms. The summed E-state index contributed by atoms with van der Waals surface area (Å²) in [4.78, 5) is 28.9. The van der Waals surface area contributed by atoms with Crippen LogP contribution in [-0.4, -0.2) is 90.4 Å². The van der Waals surface area contributed by atoms with Gasteiger partial charge in [-0.25, -0.2) is 9.18 Å². The van der Waals surface area contributed by atoms with E-state index in [4.69, 9.17) is 26.1 Å². The fourth-order valence-corrected chi connectivity index (χ4v) is 8.44. The zero-order chi connectivity index (χ0) is 36.1. The van der Waals surface area contributed by atoms with Crippen molar-refractivity contribution in [2.24, 2.45) is 5.92 Å². The molecule has 0 aliphatic carbocycles. The van der Waals surface area contributed by atoms with Crippen molar-refractivity contribution in [2.45, 2.75) is 42.3 Å². The summed E-state index contributed by atoms with van der Waals surface area (Å²) in [6.45, 7) is 1.77. The Morgan fingerprint density at radius 2 is 1.77 bits per heavy atom. The van der Waals surface area contributed by atoms with Gasteiger partial charge in [0.2, 0.25) is 0 Å². The van der Waals surface area contributed by atoms with Crippen LogP contribution in [0.2, 0.25) is 5.02 Å². The molecule has 0 saturated carbocycles. The molecule has 3 aliphatic rings. The summed E-state index contributed by atoms with van der Waals surface area (Å²) in [5.41, 5.74) is 0.609. The molecule has 3 aliphatic heterocycles. The monoisotopic (exact) mass is 750 g/mol. The van der Waals surface area contributed by atoms with E-state index >= 15 is 4.39 Å². The predicted molar refractivity (Wildman–Crippen MR) is 190 cm³/mol. The average Bonchev–Trinajstić information content (AvgIpc) is 3.70. The summed E-state index contributed by atoms with van der Waals surface area (Å²) in [5.74, 6) is 0.0483. The molecule has 2 bridgehead atoms. The van der Waals surface area contributed by atoms with Gasteiger partial charge in [0.25, 0.3) is 0 Å². The Morgan fingerprint density at radius 1 is 1.02 bits per heavy atom. The van der Waals surface area contributed by atoms with Crippen molar-refractivity contribution in [3.8, 4) is 23.0 Å². The minimum atomic E-state index is -4.85. The number of piperazine rings is 1. The van der Waals surface area contributed by atoms with Gasteiger partial charge in [0, 0.05) is 59.8 Å². The Kier molecular flexibility index (Phi) is 8.96. The molecule has 52 heavy (non-hydrogen) atoms. The quantitative estimate of drug-likeness (QED) is 0.170. The third-order valence-corrected chi connectivity index (χ3v) is 11.2. The van der Waals surface area contributed by atoms with Gasteiger partial charge >= 0.3 is 22.3 Å². The molecule has 3 saturated heterocycles. The largest absolute Gasteiger partial charge is 0.493 e. The summed E-state index contributed by atoms with van der Waals surface area (Å²) in [5, 5.41) is 15.5. The molecular weight excluding hydrogens is 718 g/mol. The smallest absolute Gasteiger partial charge is 0.407 e. The number of ether oxygens (including phenoxy) is 2. The van der Waals surface area contributed by atoms with Crippen LogP contribution in [0.25, 0.3) is 32.9 Å². The number of aromatic nitrogens is 3. The Morgan fingerprint density at radius 3 is 2.52 bits per heavy atom. The molecule has 0 spiro atoms. The molecule has 3 aromatic carbocycles. The van der Waals surface area contributed by atoms with E-state index in [0.29, 0.717) is 53.2 Å². The first kappa shape index (κ1) is 34.2. The number of pyridine rings is 1. The van der Waals surface area contributed by atoms with Crippen LogP contribution in [0.4, 0.5) is 18.9 Å². The van der Waals surface area contributed by atoms with Gasteiger partial charge in [-0.15, -0.1) is 3.89 Å². The number of nitrogens with zero attached hydrogens (tertiary/aromatic N) is 5. The highest BCUT2D eigenvalue weighted by molar-refractivity contribution is 7.86. The Hall–Kier alpha value is -4.86. The zero-order valence-corrected chi connectivity index (χ0v) is 29.2. The standard InChI is InChI=1S/C36H33ClF2N6O6S/c37-29-9-2-5-21-4-1-8-27(30(21)29)32-31(38)33-28(15-41-32)34(44-16-23-10-11-24(17-44)45(23)36(46)47)43-35(42-33)51-19-22-12-20(14-40-22)18-50-25-6-3-7-26(13-25)52(39,48)49/h1-9,13,15,20,22-24,40H,10-12,14,16-19H2,(H,46,47)/t20-,22+,23?,24?/m1/s1. The molecule has 1 amide bonds. The normalized spacial score (nSPS) is 21.6. The first-order valence-electron chi connectivity index (χ1n) is 16.9. The molecule has 4 atom stereocenters. The van der Waals surface area contributed by atoms with Crippen LogP contribution in [0.5, 0.6) is 11.8 Å². The lowest BCUT2D eigenvalue weighted by molar-refractivity contribution is 0.114. The van der Waals surface area contributed by atoms with Crippen molar-refractivity contribution in [3.63, 3.8) is 0 Å². The highest BCUT2D eigenvalue weighted by atomic mass is 35.5. The number of hydrogen-bond donors (Lipinski definition) is 2. The minimum Gasteiger partial charge on any atom is -0.493 e. The van der Waals surface area contributed by atoms with Gasteiger partial charge in [-0.05, 0) is 42.8 Å². The molecule has 2 aromatic heterocycles. The molecule has 5 heterocycles. The first-order valence-corrected chi connectivity index (χ1v) is 18.6. The van der Waals surface area contributed by atoms with E-state index in [9.17, 15) is 22.2 Å². The Balaban J connectivity index is 1.07. The number of rotatable bonds is 9. The molecule has 3 fully saturated rings. The summed E-state index contributed by atoms with van der Waals surface area (Å²) >= 11 is 6.59. The topological polar surface area (TPSA) is 147 Å². The molecule has 2 N–H and O–H groups in total. The molecule has 8 rings (SSSR count). The molecule has 2 unspecified atom stereocenters. The van der Waals surface area contributed by atoms with Crippen LogP contribution in [-0.2, 0) is 10.2 Å². The lowest BCUT2D eigenvalue weighted by Gasteiger charge is -2.40. The number of carbonyl (C=O) groups is 1. The Labute approximate surface area is 302 Å². The fraction of sp³-hybridized carbons (Fsp3) is 0.333. The number of nitrogens with one attached hydrogen (secondary N) is 1. The number of hydrogen-bond acceptors (Lipinski definition) is 10. The number of fused-ring (bicyclic) bond motifs is 4. The van der Waals surface area contributed by atoms with Crippen LogP contribution in [0.15, 0.2) is 71.8 Å². The summed E-state index contributed by atoms with van der Waals surface area (Å²) < 4.78 is 64.6. The Bertz CT molecular complexity index is 2300. The molecule has 5 aromatic rings. The maximum atomic E-state index is 16.7. The third-order valence-electron chi connectivity index (χ3n) is 10.1. The van der Waals surface area contributed by atoms with Gasteiger partial charge < -0.3 is 24.8 Å². The lowest BCUT2D eigenvalue weighted by atomic mass is 10.0. The lowest BCUT2D eigenvalue weighted by Crippen LogP contribution is -2.55. The van der Waals surface area contributed by atoms with Gasteiger partial charge in [-0.2, -0.15) is 18.4 Å². The van der Waals surface area contributed by atoms with Crippen LogP contribution in [0.3, 0.4) is 0 Å². The van der Waals surface area contributed by atoms with Crippen LogP contribution >= 0.6 is 11.6 Å². The van der Waals surface area contributed by atoms with Crippen LogP contribution in [0, 0.1) is 11.7 Å². The number of anilines is 1. The molecule has 12 nitrogen and oxygen atoms in total. The summed E-state index contributed by atoms with van der Waals surface area (Å²) in [7, 11) is -4.85. The van der Waals surface area contributed by atoms with Gasteiger partial charge in [0.1, 0.15) is 34.3 Å². The van der Waals surface area contributed by atoms with Crippen molar-refractivity contribution in [2.75, 3.05) is 37.7 Å². The van der Waals surface area contributed by atoms with E-state index in [1.165, 1.54) is 11.0 Å². The van der Waals surface area contributed by atoms with E-state index < -0.39 is 27.0 Å². The van der Waals surface area contributed by atoms with Crippen molar-refractivity contribution in [1.29, 1.82) is 0 Å². The van der Waals surface area contributed by atoms with E-state index in [0.717, 1.165) is 30.4 Å². The zero-order valence-electron chi connectivity index (χ0n) is 27.6. The number of halogens is 3.